The number of aryl methyl sites for hydroxylation is 2. The molecule has 0 aliphatic rings. The smallest absolute Gasteiger partial charge is 0.135 e. The molecule has 0 unspecified atom stereocenters. The van der Waals surface area contributed by atoms with Crippen molar-refractivity contribution < 1.29 is 4.74 Å². The average molecular weight is 623 g/mol. The van der Waals surface area contributed by atoms with Crippen LogP contribution in [0, 0.1) is 13.8 Å². The van der Waals surface area contributed by atoms with Crippen molar-refractivity contribution in [3.05, 3.63) is 157 Å². The molecule has 0 heterocycles. The highest BCUT2D eigenvalue weighted by molar-refractivity contribution is 6.39. The van der Waals surface area contributed by atoms with E-state index < -0.39 is 0 Å². The lowest BCUT2D eigenvalue weighted by atomic mass is 9.86. The second kappa shape index (κ2) is 9.69. The van der Waals surface area contributed by atoms with Crippen molar-refractivity contribution in [2.45, 2.75) is 13.8 Å². The van der Waals surface area contributed by atoms with Crippen molar-refractivity contribution in [2.24, 2.45) is 0 Å². The Morgan fingerprint density at radius 2 is 0.796 bits per heavy atom. The predicted octanol–water partition coefficient (Wildman–Crippen LogP) is 13.9. The lowest BCUT2D eigenvalue weighted by molar-refractivity contribution is 0.488. The Morgan fingerprint density at radius 1 is 0.327 bits per heavy atom. The molecule has 228 valence electrons. The van der Waals surface area contributed by atoms with Gasteiger partial charge in [0.15, 0.2) is 0 Å². The number of hydrogen-bond donors (Lipinski definition) is 0. The predicted molar refractivity (Wildman–Crippen MR) is 210 cm³/mol. The summed E-state index contributed by atoms with van der Waals surface area (Å²) in [5, 5.41) is 20.7. The van der Waals surface area contributed by atoms with Crippen LogP contribution in [-0.4, -0.2) is 0 Å². The number of ether oxygens (including phenoxy) is 1. The Bertz CT molecular complexity index is 3110. The normalized spacial score (nSPS) is 12.3. The Hall–Kier alpha value is -6.18. The van der Waals surface area contributed by atoms with Gasteiger partial charge in [0.05, 0.1) is 0 Å². The van der Waals surface area contributed by atoms with Crippen LogP contribution in [0.25, 0.3) is 97.3 Å². The standard InChI is InChI=1S/C48H30O/c1-27-11-8-12-28(2)46(27)44-25-39-34-18-9-17-32-30-15-6-7-16-31(30)43(48(32)34)26-41(39)40-23-38-35-21-22-45(49-29-13-4-3-5-14-29)36-20-10-19-33(47(35)36)37(38)24-42(40)44/h3-26H,1-2H3. The summed E-state index contributed by atoms with van der Waals surface area (Å²) in [6.45, 7) is 4.50. The zero-order valence-electron chi connectivity index (χ0n) is 27.3. The molecule has 0 aromatic heterocycles. The lowest BCUT2D eigenvalue weighted by Gasteiger charge is -2.17. The molecule has 49 heavy (non-hydrogen) atoms. The molecule has 0 aliphatic heterocycles. The summed E-state index contributed by atoms with van der Waals surface area (Å²) in [4.78, 5) is 0. The van der Waals surface area contributed by atoms with Gasteiger partial charge in [-0.15, -0.1) is 0 Å². The second-order valence-corrected chi connectivity index (χ2v) is 13.7. The molecular formula is C48H30O. The molecular weight excluding hydrogens is 593 g/mol. The topological polar surface area (TPSA) is 9.23 Å². The first-order valence-electron chi connectivity index (χ1n) is 17.1. The Morgan fingerprint density at radius 3 is 1.53 bits per heavy atom. The lowest BCUT2D eigenvalue weighted by Crippen LogP contribution is -1.91. The van der Waals surface area contributed by atoms with Crippen molar-refractivity contribution in [1.82, 2.24) is 0 Å². The Kier molecular flexibility index (Phi) is 5.31. The largest absolute Gasteiger partial charge is 0.457 e. The maximum Gasteiger partial charge on any atom is 0.135 e. The zero-order valence-corrected chi connectivity index (χ0v) is 27.3. The number of hydrogen-bond acceptors (Lipinski definition) is 1. The van der Waals surface area contributed by atoms with E-state index in [4.69, 9.17) is 4.74 Å². The van der Waals surface area contributed by atoms with Gasteiger partial charge in [0, 0.05) is 10.8 Å². The van der Waals surface area contributed by atoms with Gasteiger partial charge in [-0.1, -0.05) is 97.1 Å². The number of fused-ring (bicyclic) bond motifs is 10. The van der Waals surface area contributed by atoms with Gasteiger partial charge in [-0.05, 0) is 160 Å². The van der Waals surface area contributed by atoms with Crippen LogP contribution in [0.15, 0.2) is 146 Å². The van der Waals surface area contributed by atoms with E-state index in [0.29, 0.717) is 0 Å². The number of benzene rings is 9. The van der Waals surface area contributed by atoms with Crippen molar-refractivity contribution in [3.63, 3.8) is 0 Å². The molecule has 0 saturated heterocycles. The van der Waals surface area contributed by atoms with Gasteiger partial charge in [-0.3, -0.25) is 0 Å². The highest BCUT2D eigenvalue weighted by Gasteiger charge is 2.21. The van der Waals surface area contributed by atoms with Crippen LogP contribution >= 0.6 is 0 Å². The van der Waals surface area contributed by atoms with Gasteiger partial charge in [0.2, 0.25) is 0 Å². The van der Waals surface area contributed by atoms with E-state index in [0.717, 1.165) is 16.9 Å². The third-order valence-corrected chi connectivity index (χ3v) is 11.0. The first kappa shape index (κ1) is 26.8. The van der Waals surface area contributed by atoms with Gasteiger partial charge >= 0.3 is 0 Å². The van der Waals surface area contributed by atoms with Gasteiger partial charge in [-0.25, -0.2) is 0 Å². The van der Waals surface area contributed by atoms with Crippen molar-refractivity contribution in [1.29, 1.82) is 0 Å². The monoisotopic (exact) mass is 622 g/mol. The molecule has 11 aromatic rings. The minimum absolute atomic E-state index is 0.847. The molecule has 0 atom stereocenters. The minimum atomic E-state index is 0.847. The number of rotatable bonds is 3. The third kappa shape index (κ3) is 3.59. The molecule has 11 rings (SSSR count). The zero-order chi connectivity index (χ0) is 32.4. The van der Waals surface area contributed by atoms with Gasteiger partial charge in [0.25, 0.3) is 0 Å². The molecule has 0 spiro atoms. The first-order valence-corrected chi connectivity index (χ1v) is 17.1. The minimum Gasteiger partial charge on any atom is -0.457 e. The van der Waals surface area contributed by atoms with Crippen molar-refractivity contribution >= 4 is 86.2 Å². The van der Waals surface area contributed by atoms with E-state index in [2.05, 4.69) is 129 Å². The van der Waals surface area contributed by atoms with E-state index >= 15 is 0 Å². The van der Waals surface area contributed by atoms with Crippen LogP contribution in [-0.2, 0) is 0 Å². The van der Waals surface area contributed by atoms with Crippen LogP contribution in [0.2, 0.25) is 0 Å². The molecule has 0 aliphatic carbocycles. The highest BCUT2D eigenvalue weighted by atomic mass is 16.5. The van der Waals surface area contributed by atoms with E-state index in [1.807, 2.05) is 30.3 Å². The van der Waals surface area contributed by atoms with E-state index in [9.17, 15) is 0 Å². The summed E-state index contributed by atoms with van der Waals surface area (Å²) in [6, 6.07) is 53.5. The fourth-order valence-electron chi connectivity index (χ4n) is 8.97. The van der Waals surface area contributed by atoms with Crippen molar-refractivity contribution in [2.75, 3.05) is 0 Å². The summed E-state index contributed by atoms with van der Waals surface area (Å²) >= 11 is 0. The van der Waals surface area contributed by atoms with E-state index in [-0.39, 0.29) is 0 Å². The summed E-state index contributed by atoms with van der Waals surface area (Å²) in [7, 11) is 0. The van der Waals surface area contributed by atoms with Crippen LogP contribution in [0.4, 0.5) is 0 Å². The molecule has 1 nitrogen and oxygen atoms in total. The Labute approximate surface area is 283 Å². The van der Waals surface area contributed by atoms with Gasteiger partial charge < -0.3 is 4.74 Å². The van der Waals surface area contributed by atoms with Crippen LogP contribution in [0.5, 0.6) is 11.5 Å². The van der Waals surface area contributed by atoms with Gasteiger partial charge in [-0.2, -0.15) is 0 Å². The number of para-hydroxylation sites is 1. The van der Waals surface area contributed by atoms with E-state index in [1.165, 1.54) is 103 Å². The van der Waals surface area contributed by atoms with E-state index in [1.54, 1.807) is 0 Å². The second-order valence-electron chi connectivity index (χ2n) is 13.7. The molecule has 0 fully saturated rings. The van der Waals surface area contributed by atoms with Crippen LogP contribution in [0.3, 0.4) is 0 Å². The fraction of sp³-hybridized carbons (Fsp3) is 0.0417. The molecule has 0 saturated carbocycles. The molecule has 0 N–H and O–H groups in total. The maximum atomic E-state index is 6.47. The average Bonchev–Trinajstić information content (AvgIpc) is 3.63. The first-order chi connectivity index (χ1) is 24.1. The molecule has 11 aromatic carbocycles. The maximum absolute atomic E-state index is 6.47. The molecule has 0 bridgehead atoms. The summed E-state index contributed by atoms with van der Waals surface area (Å²) in [5.74, 6) is 1.73. The summed E-state index contributed by atoms with van der Waals surface area (Å²) in [5.41, 5.74) is 5.22. The quantitative estimate of drug-likeness (QED) is 0.178. The fourth-order valence-corrected chi connectivity index (χ4v) is 8.97. The summed E-state index contributed by atoms with van der Waals surface area (Å²) < 4.78 is 6.47. The van der Waals surface area contributed by atoms with Crippen molar-refractivity contribution in [3.8, 4) is 22.6 Å². The molecule has 0 amide bonds. The molecule has 0 radical (unpaired) electrons. The van der Waals surface area contributed by atoms with Gasteiger partial charge in [0.1, 0.15) is 11.5 Å². The highest BCUT2D eigenvalue weighted by Crippen LogP contribution is 2.49. The van der Waals surface area contributed by atoms with Crippen LogP contribution in [0.1, 0.15) is 11.1 Å². The molecule has 1 heteroatoms. The summed E-state index contributed by atoms with van der Waals surface area (Å²) in [6.07, 6.45) is 0. The SMILES string of the molecule is Cc1cccc(C)c1-c1cc2c(cc3c4ccccc4c4cccc2c43)c2cc3c(cc12)c1cccc2c(Oc4ccccc4)ccc3c21. The Balaban J connectivity index is 1.32. The van der Waals surface area contributed by atoms with Crippen LogP contribution < -0.4 is 4.74 Å². The third-order valence-electron chi connectivity index (χ3n) is 11.0.